The smallest absolute Gasteiger partial charge is 0.125 e. The van der Waals surface area contributed by atoms with Gasteiger partial charge in [-0.3, -0.25) is 0 Å². The van der Waals surface area contributed by atoms with E-state index in [9.17, 15) is 4.39 Å². The van der Waals surface area contributed by atoms with Gasteiger partial charge in [-0.25, -0.2) is 9.37 Å². The lowest BCUT2D eigenvalue weighted by atomic mass is 10.3. The Labute approximate surface area is 91.7 Å². The Morgan fingerprint density at radius 3 is 2.93 bits per heavy atom. The quantitative estimate of drug-likeness (QED) is 0.716. The molecule has 1 saturated carbocycles. The van der Waals surface area contributed by atoms with Gasteiger partial charge in [0.05, 0.1) is 16.9 Å². The number of imidazole rings is 1. The fourth-order valence-electron chi connectivity index (χ4n) is 1.95. The number of aromatic nitrogens is 2. The summed E-state index contributed by atoms with van der Waals surface area (Å²) in [4.78, 5) is 4.40. The third-order valence-corrected chi connectivity index (χ3v) is 3.00. The highest BCUT2D eigenvalue weighted by Crippen LogP contribution is 2.39. The molecule has 0 amide bonds. The summed E-state index contributed by atoms with van der Waals surface area (Å²) in [5, 5.41) is 0. The number of alkyl halides is 1. The summed E-state index contributed by atoms with van der Waals surface area (Å²) in [6, 6.07) is 5.16. The summed E-state index contributed by atoms with van der Waals surface area (Å²) < 4.78 is 15.2. The molecule has 1 aromatic carbocycles. The van der Waals surface area contributed by atoms with Gasteiger partial charge < -0.3 is 4.57 Å². The van der Waals surface area contributed by atoms with Crippen molar-refractivity contribution in [3.8, 4) is 0 Å². The largest absolute Gasteiger partial charge is 0.324 e. The van der Waals surface area contributed by atoms with Gasteiger partial charge in [-0.2, -0.15) is 0 Å². The Hall–Kier alpha value is -1.09. The minimum atomic E-state index is -0.217. The van der Waals surface area contributed by atoms with Crippen molar-refractivity contribution < 1.29 is 4.39 Å². The second-order valence-corrected chi connectivity index (χ2v) is 4.16. The van der Waals surface area contributed by atoms with E-state index in [-0.39, 0.29) is 5.82 Å². The van der Waals surface area contributed by atoms with Crippen LogP contribution in [0.3, 0.4) is 0 Å². The summed E-state index contributed by atoms with van der Waals surface area (Å²) in [6.45, 7) is 0. The van der Waals surface area contributed by atoms with Crippen molar-refractivity contribution in [1.82, 2.24) is 9.55 Å². The van der Waals surface area contributed by atoms with Crippen LogP contribution in [0.5, 0.6) is 0 Å². The van der Waals surface area contributed by atoms with E-state index in [0.29, 0.717) is 11.9 Å². The van der Waals surface area contributed by atoms with Crippen LogP contribution in [0.4, 0.5) is 4.39 Å². The number of rotatable bonds is 2. The van der Waals surface area contributed by atoms with E-state index in [1.807, 2.05) is 0 Å². The molecule has 3 rings (SSSR count). The number of benzene rings is 1. The summed E-state index contributed by atoms with van der Waals surface area (Å²) in [5.41, 5.74) is 1.70. The molecule has 0 bridgehead atoms. The topological polar surface area (TPSA) is 17.8 Å². The van der Waals surface area contributed by atoms with Crippen molar-refractivity contribution in [1.29, 1.82) is 0 Å². The molecular weight excluding hydrogens is 215 g/mol. The molecule has 1 aliphatic rings. The van der Waals surface area contributed by atoms with Gasteiger partial charge >= 0.3 is 0 Å². The van der Waals surface area contributed by atoms with Crippen LogP contribution in [0.15, 0.2) is 18.2 Å². The van der Waals surface area contributed by atoms with Gasteiger partial charge in [0.2, 0.25) is 0 Å². The number of hydrogen-bond donors (Lipinski definition) is 0. The predicted molar refractivity (Wildman–Crippen MR) is 57.5 cm³/mol. The first-order chi connectivity index (χ1) is 7.29. The van der Waals surface area contributed by atoms with Crippen LogP contribution < -0.4 is 0 Å². The lowest BCUT2D eigenvalue weighted by molar-refractivity contribution is 0.627. The first-order valence-corrected chi connectivity index (χ1v) is 5.55. The fraction of sp³-hybridized carbons (Fsp3) is 0.364. The van der Waals surface area contributed by atoms with Gasteiger partial charge in [-0.05, 0) is 31.0 Å². The molecular formula is C11H10ClFN2. The molecule has 15 heavy (non-hydrogen) atoms. The highest BCUT2D eigenvalue weighted by atomic mass is 35.5. The van der Waals surface area contributed by atoms with Crippen molar-refractivity contribution in [3.05, 3.63) is 29.8 Å². The maximum atomic E-state index is 13.1. The SMILES string of the molecule is Fc1ccc2nc(CCl)n(C3CC3)c2c1. The zero-order valence-corrected chi connectivity index (χ0v) is 8.84. The van der Waals surface area contributed by atoms with Crippen LogP contribution in [0, 0.1) is 5.82 Å². The van der Waals surface area contributed by atoms with Gasteiger partial charge in [0.15, 0.2) is 0 Å². The molecule has 0 aliphatic heterocycles. The first kappa shape index (κ1) is 9.16. The summed E-state index contributed by atoms with van der Waals surface area (Å²) >= 11 is 5.84. The van der Waals surface area contributed by atoms with Crippen LogP contribution in [0.2, 0.25) is 0 Å². The van der Waals surface area contributed by atoms with Crippen molar-refractivity contribution in [3.63, 3.8) is 0 Å². The van der Waals surface area contributed by atoms with Crippen molar-refractivity contribution >= 4 is 22.6 Å². The van der Waals surface area contributed by atoms with E-state index in [4.69, 9.17) is 11.6 Å². The fourth-order valence-corrected chi connectivity index (χ4v) is 2.14. The molecule has 0 spiro atoms. The second-order valence-electron chi connectivity index (χ2n) is 3.90. The van der Waals surface area contributed by atoms with E-state index in [0.717, 1.165) is 29.7 Å². The van der Waals surface area contributed by atoms with E-state index in [1.165, 1.54) is 12.1 Å². The Kier molecular flexibility index (Phi) is 1.96. The molecule has 2 nitrogen and oxygen atoms in total. The molecule has 1 heterocycles. The van der Waals surface area contributed by atoms with Crippen molar-refractivity contribution in [2.75, 3.05) is 0 Å². The first-order valence-electron chi connectivity index (χ1n) is 5.02. The minimum absolute atomic E-state index is 0.217. The van der Waals surface area contributed by atoms with E-state index in [1.54, 1.807) is 6.07 Å². The highest BCUT2D eigenvalue weighted by Gasteiger charge is 2.27. The molecule has 1 aromatic heterocycles. The van der Waals surface area contributed by atoms with Gasteiger partial charge in [0, 0.05) is 6.04 Å². The molecule has 1 aliphatic carbocycles. The number of fused-ring (bicyclic) bond motifs is 1. The molecule has 0 saturated heterocycles. The monoisotopic (exact) mass is 224 g/mol. The Bertz CT molecular complexity index is 517. The molecule has 78 valence electrons. The lowest BCUT2D eigenvalue weighted by Crippen LogP contribution is -1.99. The minimum Gasteiger partial charge on any atom is -0.324 e. The third-order valence-electron chi connectivity index (χ3n) is 2.76. The van der Waals surface area contributed by atoms with Gasteiger partial charge in [-0.15, -0.1) is 11.6 Å². The standard InChI is InChI=1S/C11H10ClFN2/c12-6-11-14-9-4-1-7(13)5-10(9)15(11)8-2-3-8/h1,4-5,8H,2-3,6H2. The van der Waals surface area contributed by atoms with Gasteiger partial charge in [0.25, 0.3) is 0 Å². The van der Waals surface area contributed by atoms with Crippen LogP contribution in [0.1, 0.15) is 24.7 Å². The maximum absolute atomic E-state index is 13.1. The van der Waals surface area contributed by atoms with E-state index in [2.05, 4.69) is 9.55 Å². The van der Waals surface area contributed by atoms with E-state index < -0.39 is 0 Å². The molecule has 4 heteroatoms. The predicted octanol–water partition coefficient (Wildman–Crippen LogP) is 3.25. The van der Waals surface area contributed by atoms with Crippen LogP contribution in [-0.4, -0.2) is 9.55 Å². The molecule has 0 radical (unpaired) electrons. The zero-order chi connectivity index (χ0) is 10.4. The molecule has 0 N–H and O–H groups in total. The molecule has 0 unspecified atom stereocenters. The molecule has 0 atom stereocenters. The van der Waals surface area contributed by atoms with Crippen LogP contribution >= 0.6 is 11.6 Å². The Morgan fingerprint density at radius 1 is 1.47 bits per heavy atom. The average molecular weight is 225 g/mol. The van der Waals surface area contributed by atoms with E-state index >= 15 is 0 Å². The summed E-state index contributed by atoms with van der Waals surface area (Å²) in [7, 11) is 0. The average Bonchev–Trinajstić information content (AvgIpc) is 2.99. The second kappa shape index (κ2) is 3.20. The Morgan fingerprint density at radius 2 is 2.27 bits per heavy atom. The van der Waals surface area contributed by atoms with Crippen molar-refractivity contribution in [2.45, 2.75) is 24.8 Å². The van der Waals surface area contributed by atoms with Gasteiger partial charge in [-0.1, -0.05) is 0 Å². The summed E-state index contributed by atoms with van der Waals surface area (Å²) in [6.07, 6.45) is 2.29. The summed E-state index contributed by atoms with van der Waals surface area (Å²) in [5.74, 6) is 1.01. The zero-order valence-electron chi connectivity index (χ0n) is 8.08. The van der Waals surface area contributed by atoms with Gasteiger partial charge in [0.1, 0.15) is 11.6 Å². The maximum Gasteiger partial charge on any atom is 0.125 e. The lowest BCUT2D eigenvalue weighted by Gasteiger charge is -2.04. The van der Waals surface area contributed by atoms with Crippen molar-refractivity contribution in [2.24, 2.45) is 0 Å². The number of halogens is 2. The number of nitrogens with zero attached hydrogens (tertiary/aromatic N) is 2. The highest BCUT2D eigenvalue weighted by molar-refractivity contribution is 6.16. The number of hydrogen-bond acceptors (Lipinski definition) is 1. The molecule has 2 aromatic rings. The normalized spacial score (nSPS) is 16.1. The van der Waals surface area contributed by atoms with Crippen LogP contribution in [0.25, 0.3) is 11.0 Å². The third kappa shape index (κ3) is 1.42. The molecule has 1 fully saturated rings. The van der Waals surface area contributed by atoms with Crippen LogP contribution in [-0.2, 0) is 5.88 Å². The Balaban J connectivity index is 2.30.